The molecule has 0 amide bonds. The summed E-state index contributed by atoms with van der Waals surface area (Å²) in [7, 11) is 0. The van der Waals surface area contributed by atoms with Gasteiger partial charge in [0.05, 0.1) is 10.7 Å². The van der Waals surface area contributed by atoms with Gasteiger partial charge in [-0.15, -0.1) is 0 Å². The van der Waals surface area contributed by atoms with Gasteiger partial charge in [0.2, 0.25) is 0 Å². The van der Waals surface area contributed by atoms with E-state index in [2.05, 4.69) is 32.0 Å². The van der Waals surface area contributed by atoms with Gasteiger partial charge in [-0.25, -0.2) is 0 Å². The first-order valence-corrected chi connectivity index (χ1v) is 8.84. The fourth-order valence-corrected chi connectivity index (χ4v) is 3.58. The van der Waals surface area contributed by atoms with Gasteiger partial charge in [-0.2, -0.15) is 0 Å². The molecule has 5 heteroatoms. The van der Waals surface area contributed by atoms with Crippen LogP contribution >= 0.6 is 11.6 Å². The first kappa shape index (κ1) is 16.2. The van der Waals surface area contributed by atoms with Crippen molar-refractivity contribution in [3.63, 3.8) is 0 Å². The lowest BCUT2D eigenvalue weighted by Crippen LogP contribution is -2.20. The van der Waals surface area contributed by atoms with E-state index in [4.69, 9.17) is 11.6 Å². The molecule has 4 rings (SSSR count). The zero-order chi connectivity index (χ0) is 17.1. The fraction of sp³-hybridized carbons (Fsp3) is 0.250. The summed E-state index contributed by atoms with van der Waals surface area (Å²) < 4.78 is 0. The number of hydrogen-bond donors (Lipinski definition) is 0. The Hall–Kier alpha value is -2.30. The largest absolute Gasteiger partial charge is 0.298 e. The number of aromatic nitrogens is 3. The average molecular weight is 351 g/mol. The average Bonchev–Trinajstić information content (AvgIpc) is 3.13. The van der Waals surface area contributed by atoms with Crippen LogP contribution in [0.5, 0.6) is 0 Å². The highest BCUT2D eigenvalue weighted by Crippen LogP contribution is 2.30. The molecule has 0 bridgehead atoms. The highest BCUT2D eigenvalue weighted by Gasteiger charge is 2.24. The number of halogens is 1. The van der Waals surface area contributed by atoms with Crippen LogP contribution in [-0.2, 0) is 6.54 Å². The smallest absolute Gasteiger partial charge is 0.0705 e. The molecular formula is C20H19ClN4. The van der Waals surface area contributed by atoms with Crippen molar-refractivity contribution in [2.75, 3.05) is 13.1 Å². The summed E-state index contributed by atoms with van der Waals surface area (Å²) in [5.41, 5.74) is 4.61. The predicted octanol–water partition coefficient (Wildman–Crippen LogP) is 4.18. The van der Waals surface area contributed by atoms with Crippen molar-refractivity contribution in [1.29, 1.82) is 0 Å². The van der Waals surface area contributed by atoms with Gasteiger partial charge in [-0.3, -0.25) is 19.9 Å². The minimum absolute atomic E-state index is 0.532. The molecule has 1 atom stereocenters. The zero-order valence-electron chi connectivity index (χ0n) is 13.8. The normalized spacial score (nSPS) is 17.7. The quantitative estimate of drug-likeness (QED) is 0.707. The molecule has 0 spiro atoms. The second-order valence-electron chi connectivity index (χ2n) is 6.40. The van der Waals surface area contributed by atoms with E-state index < -0.39 is 0 Å². The van der Waals surface area contributed by atoms with Crippen molar-refractivity contribution in [2.24, 2.45) is 0 Å². The minimum atomic E-state index is 0.532. The Kier molecular flexibility index (Phi) is 4.72. The molecule has 3 aromatic rings. The van der Waals surface area contributed by atoms with Crippen molar-refractivity contribution in [2.45, 2.75) is 18.9 Å². The van der Waals surface area contributed by atoms with Gasteiger partial charge in [0.25, 0.3) is 0 Å². The molecular weight excluding hydrogens is 332 g/mol. The van der Waals surface area contributed by atoms with Crippen LogP contribution in [0, 0.1) is 0 Å². The molecule has 1 aliphatic rings. The van der Waals surface area contributed by atoms with Crippen LogP contribution in [0.3, 0.4) is 0 Å². The van der Waals surface area contributed by atoms with E-state index in [1.807, 2.05) is 24.4 Å². The molecule has 1 saturated heterocycles. The number of nitrogens with zero attached hydrogens (tertiary/aromatic N) is 4. The highest BCUT2D eigenvalue weighted by molar-refractivity contribution is 6.31. The number of pyridine rings is 3. The summed E-state index contributed by atoms with van der Waals surface area (Å²) in [6.07, 6.45) is 10.2. The van der Waals surface area contributed by atoms with Crippen LogP contribution in [0.4, 0.5) is 0 Å². The topological polar surface area (TPSA) is 41.9 Å². The Bertz CT molecular complexity index is 853. The summed E-state index contributed by atoms with van der Waals surface area (Å²) in [4.78, 5) is 15.1. The second-order valence-corrected chi connectivity index (χ2v) is 6.81. The lowest BCUT2D eigenvalue weighted by Gasteiger charge is -2.17. The van der Waals surface area contributed by atoms with Gasteiger partial charge in [-0.05, 0) is 60.3 Å². The maximum absolute atomic E-state index is 6.24. The van der Waals surface area contributed by atoms with Crippen molar-refractivity contribution in [1.82, 2.24) is 19.9 Å². The molecule has 4 heterocycles. The van der Waals surface area contributed by atoms with Gasteiger partial charge in [0.15, 0.2) is 0 Å². The van der Waals surface area contributed by atoms with Crippen molar-refractivity contribution >= 4 is 11.6 Å². The molecule has 1 aliphatic heterocycles. The highest BCUT2D eigenvalue weighted by atomic mass is 35.5. The monoisotopic (exact) mass is 350 g/mol. The first-order chi connectivity index (χ1) is 12.3. The molecule has 0 radical (unpaired) electrons. The Morgan fingerprint density at radius 3 is 2.72 bits per heavy atom. The van der Waals surface area contributed by atoms with E-state index in [1.165, 1.54) is 5.56 Å². The second kappa shape index (κ2) is 7.30. The third-order valence-corrected chi connectivity index (χ3v) is 5.09. The van der Waals surface area contributed by atoms with Gasteiger partial charge in [-0.1, -0.05) is 11.6 Å². The van der Waals surface area contributed by atoms with Crippen LogP contribution < -0.4 is 0 Å². The molecule has 126 valence electrons. The molecule has 3 aromatic heterocycles. The third kappa shape index (κ3) is 3.70. The maximum Gasteiger partial charge on any atom is 0.0705 e. The Morgan fingerprint density at radius 2 is 1.88 bits per heavy atom. The minimum Gasteiger partial charge on any atom is -0.298 e. The van der Waals surface area contributed by atoms with Crippen molar-refractivity contribution < 1.29 is 0 Å². The van der Waals surface area contributed by atoms with Crippen LogP contribution in [0.1, 0.15) is 23.5 Å². The number of rotatable bonds is 4. The molecule has 0 aliphatic carbocycles. The van der Waals surface area contributed by atoms with E-state index in [0.717, 1.165) is 47.9 Å². The van der Waals surface area contributed by atoms with E-state index >= 15 is 0 Å². The van der Waals surface area contributed by atoms with E-state index in [9.17, 15) is 0 Å². The maximum atomic E-state index is 6.24. The zero-order valence-corrected chi connectivity index (χ0v) is 14.6. The van der Waals surface area contributed by atoms with Crippen molar-refractivity contribution in [3.8, 4) is 11.3 Å². The summed E-state index contributed by atoms with van der Waals surface area (Å²) in [6.45, 7) is 2.99. The number of hydrogen-bond acceptors (Lipinski definition) is 4. The summed E-state index contributed by atoms with van der Waals surface area (Å²) >= 11 is 6.24. The Balaban J connectivity index is 1.48. The van der Waals surface area contributed by atoms with Gasteiger partial charge < -0.3 is 0 Å². The molecule has 0 saturated carbocycles. The lowest BCUT2D eigenvalue weighted by atomic mass is 9.97. The predicted molar refractivity (Wildman–Crippen MR) is 99.4 cm³/mol. The van der Waals surface area contributed by atoms with Crippen LogP contribution in [-0.4, -0.2) is 32.9 Å². The first-order valence-electron chi connectivity index (χ1n) is 8.47. The summed E-state index contributed by atoms with van der Waals surface area (Å²) in [5, 5.41) is 0.745. The van der Waals surface area contributed by atoms with Crippen LogP contribution in [0.15, 0.2) is 61.3 Å². The molecule has 25 heavy (non-hydrogen) atoms. The van der Waals surface area contributed by atoms with Gasteiger partial charge >= 0.3 is 0 Å². The SMILES string of the molecule is Clc1cnccc1CN1CC[C@@H](c2ccnc(-c3ccncc3)c2)C1. The molecule has 0 aromatic carbocycles. The standard InChI is InChI=1S/C20H19ClN4/c21-19-12-23-8-3-18(19)14-25-10-5-17(13-25)16-4-9-24-20(11-16)15-1-6-22-7-2-15/h1-4,6-9,11-12,17H,5,10,13-14H2/t17-/m1/s1. The van der Waals surface area contributed by atoms with Crippen LogP contribution in [0.2, 0.25) is 5.02 Å². The van der Waals surface area contributed by atoms with E-state index in [-0.39, 0.29) is 0 Å². The van der Waals surface area contributed by atoms with E-state index in [1.54, 1.807) is 24.8 Å². The van der Waals surface area contributed by atoms with Crippen molar-refractivity contribution in [3.05, 3.63) is 77.5 Å². The molecule has 4 nitrogen and oxygen atoms in total. The van der Waals surface area contributed by atoms with Gasteiger partial charge in [0, 0.05) is 49.6 Å². The third-order valence-electron chi connectivity index (χ3n) is 4.75. The molecule has 1 fully saturated rings. The number of likely N-dealkylation sites (tertiary alicyclic amines) is 1. The molecule has 0 N–H and O–H groups in total. The molecule has 0 unspecified atom stereocenters. The fourth-order valence-electron chi connectivity index (χ4n) is 3.40. The Labute approximate surface area is 152 Å². The summed E-state index contributed by atoms with van der Waals surface area (Å²) in [6, 6.07) is 10.3. The summed E-state index contributed by atoms with van der Waals surface area (Å²) in [5.74, 6) is 0.532. The van der Waals surface area contributed by atoms with E-state index in [0.29, 0.717) is 5.92 Å². The van der Waals surface area contributed by atoms with Crippen LogP contribution in [0.25, 0.3) is 11.3 Å². The Morgan fingerprint density at radius 1 is 1.04 bits per heavy atom. The van der Waals surface area contributed by atoms with Gasteiger partial charge in [0.1, 0.15) is 0 Å². The lowest BCUT2D eigenvalue weighted by molar-refractivity contribution is 0.327.